The number of fused-ring (bicyclic) bond motifs is 1. The molecule has 23 heavy (non-hydrogen) atoms. The Morgan fingerprint density at radius 1 is 1.13 bits per heavy atom. The fourth-order valence-corrected chi connectivity index (χ4v) is 4.52. The maximum absolute atomic E-state index is 12.9. The minimum atomic E-state index is -3.14. The van der Waals surface area contributed by atoms with Crippen LogP contribution >= 0.6 is 0 Å². The second-order valence-corrected chi connectivity index (χ2v) is 8.71. The molecule has 3 rings (SSSR count). The van der Waals surface area contributed by atoms with Gasteiger partial charge in [-0.05, 0) is 37.3 Å². The predicted molar refractivity (Wildman–Crippen MR) is 89.3 cm³/mol. The highest BCUT2D eigenvalue weighted by Crippen LogP contribution is 2.28. The third kappa shape index (κ3) is 3.43. The zero-order chi connectivity index (χ0) is 16.6. The molecule has 0 spiro atoms. The average molecular weight is 336 g/mol. The molecular weight excluding hydrogens is 312 g/mol. The van der Waals surface area contributed by atoms with Gasteiger partial charge in [-0.25, -0.2) is 12.7 Å². The standard InChI is InChI=1S/C17H24N2O3S/c1-13-11-15-5-3-4-6-16(15)12-19(13)17(20)14-7-9-18(10-8-14)23(2,21)22/h3-6,13-14H,7-12H2,1-2H3. The first kappa shape index (κ1) is 16.5. The third-order valence-electron chi connectivity index (χ3n) is 5.06. The smallest absolute Gasteiger partial charge is 0.226 e. The van der Waals surface area contributed by atoms with Crippen LogP contribution in [0.1, 0.15) is 30.9 Å². The summed E-state index contributed by atoms with van der Waals surface area (Å²) < 4.78 is 24.6. The molecule has 1 aromatic carbocycles. The summed E-state index contributed by atoms with van der Waals surface area (Å²) in [5.41, 5.74) is 2.56. The van der Waals surface area contributed by atoms with Gasteiger partial charge in [-0.1, -0.05) is 24.3 Å². The number of nitrogens with zero attached hydrogens (tertiary/aromatic N) is 2. The topological polar surface area (TPSA) is 57.7 Å². The van der Waals surface area contributed by atoms with Gasteiger partial charge in [0.1, 0.15) is 0 Å². The first-order valence-electron chi connectivity index (χ1n) is 8.18. The molecule has 6 heteroatoms. The molecule has 2 aliphatic rings. The number of hydrogen-bond acceptors (Lipinski definition) is 3. The van der Waals surface area contributed by atoms with Gasteiger partial charge in [0.2, 0.25) is 15.9 Å². The van der Waals surface area contributed by atoms with E-state index >= 15 is 0 Å². The van der Waals surface area contributed by atoms with Gasteiger partial charge in [-0.3, -0.25) is 4.79 Å². The van der Waals surface area contributed by atoms with E-state index in [1.54, 1.807) is 0 Å². The van der Waals surface area contributed by atoms with Crippen molar-refractivity contribution in [2.45, 2.75) is 38.8 Å². The zero-order valence-electron chi connectivity index (χ0n) is 13.7. The van der Waals surface area contributed by atoms with Crippen LogP contribution in [0.15, 0.2) is 24.3 Å². The van der Waals surface area contributed by atoms with E-state index in [1.807, 2.05) is 17.0 Å². The van der Waals surface area contributed by atoms with Crippen molar-refractivity contribution in [3.63, 3.8) is 0 Å². The first-order chi connectivity index (χ1) is 10.9. The largest absolute Gasteiger partial charge is 0.335 e. The molecule has 1 saturated heterocycles. The Labute approximate surface area is 138 Å². The lowest BCUT2D eigenvalue weighted by Crippen LogP contribution is -2.48. The summed E-state index contributed by atoms with van der Waals surface area (Å²) in [6.07, 6.45) is 3.37. The van der Waals surface area contributed by atoms with Crippen molar-refractivity contribution >= 4 is 15.9 Å². The highest BCUT2D eigenvalue weighted by atomic mass is 32.2. The fraction of sp³-hybridized carbons (Fsp3) is 0.588. The molecule has 0 N–H and O–H groups in total. The lowest BCUT2D eigenvalue weighted by molar-refractivity contribution is -0.140. The van der Waals surface area contributed by atoms with Gasteiger partial charge in [0.25, 0.3) is 0 Å². The van der Waals surface area contributed by atoms with E-state index in [2.05, 4.69) is 19.1 Å². The molecule has 5 nitrogen and oxygen atoms in total. The molecule has 1 atom stereocenters. The van der Waals surface area contributed by atoms with Gasteiger partial charge in [0, 0.05) is 31.6 Å². The summed E-state index contributed by atoms with van der Waals surface area (Å²) in [4.78, 5) is 14.9. The Morgan fingerprint density at radius 2 is 1.74 bits per heavy atom. The van der Waals surface area contributed by atoms with E-state index in [0.717, 1.165) is 6.42 Å². The second kappa shape index (κ2) is 6.24. The SMILES string of the molecule is CC1Cc2ccccc2CN1C(=O)C1CCN(S(C)(=O)=O)CC1. The monoisotopic (exact) mass is 336 g/mol. The lowest BCUT2D eigenvalue weighted by atomic mass is 9.91. The van der Waals surface area contributed by atoms with Crippen LogP contribution in [0.2, 0.25) is 0 Å². The van der Waals surface area contributed by atoms with Crippen LogP contribution in [0.25, 0.3) is 0 Å². The summed E-state index contributed by atoms with van der Waals surface area (Å²) in [5, 5.41) is 0. The fourth-order valence-electron chi connectivity index (χ4n) is 3.64. The molecule has 2 aliphatic heterocycles. The van der Waals surface area contributed by atoms with Crippen LogP contribution in [0, 0.1) is 5.92 Å². The second-order valence-electron chi connectivity index (χ2n) is 6.72. The highest BCUT2D eigenvalue weighted by Gasteiger charge is 2.34. The predicted octanol–water partition coefficient (Wildman–Crippen LogP) is 1.63. The van der Waals surface area contributed by atoms with E-state index in [9.17, 15) is 13.2 Å². The molecule has 0 aromatic heterocycles. The Bertz CT molecular complexity index is 694. The van der Waals surface area contributed by atoms with Crippen molar-refractivity contribution in [3.05, 3.63) is 35.4 Å². The number of sulfonamides is 1. The maximum atomic E-state index is 12.9. The Morgan fingerprint density at radius 3 is 2.35 bits per heavy atom. The van der Waals surface area contributed by atoms with Crippen molar-refractivity contribution in [2.24, 2.45) is 5.92 Å². The van der Waals surface area contributed by atoms with Crippen molar-refractivity contribution in [1.82, 2.24) is 9.21 Å². The molecule has 0 radical (unpaired) electrons. The van der Waals surface area contributed by atoms with E-state index in [-0.39, 0.29) is 17.9 Å². The normalized spacial score (nSPS) is 23.6. The molecule has 1 amide bonds. The van der Waals surface area contributed by atoms with Gasteiger partial charge >= 0.3 is 0 Å². The highest BCUT2D eigenvalue weighted by molar-refractivity contribution is 7.88. The summed E-state index contributed by atoms with van der Waals surface area (Å²) in [6.45, 7) is 3.67. The third-order valence-corrected chi connectivity index (χ3v) is 6.36. The number of amides is 1. The lowest BCUT2D eigenvalue weighted by Gasteiger charge is -2.39. The number of carbonyl (C=O) groups excluding carboxylic acids is 1. The number of benzene rings is 1. The van der Waals surface area contributed by atoms with Gasteiger partial charge in [0.15, 0.2) is 0 Å². The molecule has 1 aromatic rings. The number of piperidine rings is 1. The Kier molecular flexibility index (Phi) is 4.47. The van der Waals surface area contributed by atoms with Crippen molar-refractivity contribution in [2.75, 3.05) is 19.3 Å². The van der Waals surface area contributed by atoms with Crippen LogP contribution in [-0.4, -0.2) is 48.9 Å². The Balaban J connectivity index is 1.68. The molecular formula is C17H24N2O3S. The summed E-state index contributed by atoms with van der Waals surface area (Å²) in [5.74, 6) is 0.126. The van der Waals surface area contributed by atoms with Gasteiger partial charge in [0.05, 0.1) is 6.26 Å². The van der Waals surface area contributed by atoms with Crippen LogP contribution in [0.5, 0.6) is 0 Å². The van der Waals surface area contributed by atoms with Crippen molar-refractivity contribution < 1.29 is 13.2 Å². The molecule has 126 valence electrons. The number of rotatable bonds is 2. The average Bonchev–Trinajstić information content (AvgIpc) is 2.53. The molecule has 2 heterocycles. The minimum Gasteiger partial charge on any atom is -0.335 e. The quantitative estimate of drug-likeness (QED) is 0.825. The minimum absolute atomic E-state index is 0.0549. The Hall–Kier alpha value is -1.40. The molecule has 0 bridgehead atoms. The zero-order valence-corrected chi connectivity index (χ0v) is 14.6. The van der Waals surface area contributed by atoms with Crippen LogP contribution in [0.4, 0.5) is 0 Å². The van der Waals surface area contributed by atoms with Gasteiger partial charge < -0.3 is 4.90 Å². The summed E-state index contributed by atoms with van der Waals surface area (Å²) in [6, 6.07) is 8.49. The van der Waals surface area contributed by atoms with E-state index < -0.39 is 10.0 Å². The van der Waals surface area contributed by atoms with Gasteiger partial charge in [-0.2, -0.15) is 0 Å². The maximum Gasteiger partial charge on any atom is 0.226 e. The van der Waals surface area contributed by atoms with E-state index in [0.29, 0.717) is 32.5 Å². The van der Waals surface area contributed by atoms with Crippen molar-refractivity contribution in [3.8, 4) is 0 Å². The molecule has 0 saturated carbocycles. The molecule has 1 unspecified atom stereocenters. The van der Waals surface area contributed by atoms with E-state index in [4.69, 9.17) is 0 Å². The summed E-state index contributed by atoms with van der Waals surface area (Å²) >= 11 is 0. The molecule has 0 aliphatic carbocycles. The van der Waals surface area contributed by atoms with Crippen LogP contribution in [0.3, 0.4) is 0 Å². The van der Waals surface area contributed by atoms with Crippen LogP contribution < -0.4 is 0 Å². The first-order valence-corrected chi connectivity index (χ1v) is 10.0. The number of hydrogen-bond donors (Lipinski definition) is 0. The number of carbonyl (C=O) groups is 1. The summed E-state index contributed by atoms with van der Waals surface area (Å²) in [7, 11) is -3.14. The van der Waals surface area contributed by atoms with E-state index in [1.165, 1.54) is 21.7 Å². The molecule has 1 fully saturated rings. The van der Waals surface area contributed by atoms with Crippen LogP contribution in [-0.2, 0) is 27.8 Å². The van der Waals surface area contributed by atoms with Crippen molar-refractivity contribution in [1.29, 1.82) is 0 Å². The van der Waals surface area contributed by atoms with Gasteiger partial charge in [-0.15, -0.1) is 0 Å².